The summed E-state index contributed by atoms with van der Waals surface area (Å²) in [7, 11) is 0. The zero-order valence-corrected chi connectivity index (χ0v) is 8.84. The molecular formula is C13H12O3. The van der Waals surface area contributed by atoms with E-state index in [1.54, 1.807) is 12.1 Å². The number of aliphatic hydroxyl groups is 1. The Labute approximate surface area is 93.0 Å². The van der Waals surface area contributed by atoms with E-state index in [1.165, 1.54) is 6.92 Å². The van der Waals surface area contributed by atoms with Gasteiger partial charge in [-0.15, -0.1) is 0 Å². The molecule has 0 aliphatic heterocycles. The number of fused-ring (bicyclic) bond motifs is 1. The van der Waals surface area contributed by atoms with Gasteiger partial charge in [0.2, 0.25) is 0 Å². The fraction of sp³-hybridized carbons (Fsp3) is 0.154. The van der Waals surface area contributed by atoms with Crippen LogP contribution >= 0.6 is 0 Å². The minimum absolute atomic E-state index is 0.388. The second-order valence-corrected chi connectivity index (χ2v) is 3.94. The van der Waals surface area contributed by atoms with E-state index in [9.17, 15) is 9.90 Å². The molecular weight excluding hydrogens is 204 g/mol. The summed E-state index contributed by atoms with van der Waals surface area (Å²) in [5, 5.41) is 20.7. The molecule has 82 valence electrons. The van der Waals surface area contributed by atoms with Crippen molar-refractivity contribution < 1.29 is 15.0 Å². The number of carboxylic acid groups (broad SMARTS) is 1. The first-order valence-electron chi connectivity index (χ1n) is 4.97. The Morgan fingerprint density at radius 2 is 1.75 bits per heavy atom. The van der Waals surface area contributed by atoms with Gasteiger partial charge in [-0.1, -0.05) is 36.4 Å². The van der Waals surface area contributed by atoms with Crippen molar-refractivity contribution in [3.63, 3.8) is 0 Å². The van der Waals surface area contributed by atoms with Gasteiger partial charge in [-0.25, -0.2) is 4.79 Å². The topological polar surface area (TPSA) is 57.5 Å². The molecule has 0 fully saturated rings. The number of aliphatic carboxylic acids is 1. The quantitative estimate of drug-likeness (QED) is 0.808. The summed E-state index contributed by atoms with van der Waals surface area (Å²) >= 11 is 0. The number of hydrogen-bond donors (Lipinski definition) is 2. The lowest BCUT2D eigenvalue weighted by atomic mass is 9.94. The summed E-state index contributed by atoms with van der Waals surface area (Å²) in [4.78, 5) is 10.9. The van der Waals surface area contributed by atoms with Crippen LogP contribution in [0.15, 0.2) is 42.5 Å². The SMILES string of the molecule is C[C@@](O)(C(=O)O)c1ccc2ccccc2c1. The molecule has 0 spiro atoms. The van der Waals surface area contributed by atoms with Crippen LogP contribution in [0.4, 0.5) is 0 Å². The summed E-state index contributed by atoms with van der Waals surface area (Å²) in [5.74, 6) is -1.25. The van der Waals surface area contributed by atoms with Gasteiger partial charge < -0.3 is 10.2 Å². The molecule has 0 bridgehead atoms. The highest BCUT2D eigenvalue weighted by atomic mass is 16.4. The van der Waals surface area contributed by atoms with Crippen molar-refractivity contribution in [3.05, 3.63) is 48.0 Å². The van der Waals surface area contributed by atoms with Gasteiger partial charge in [0.25, 0.3) is 0 Å². The van der Waals surface area contributed by atoms with Gasteiger partial charge in [0.15, 0.2) is 5.60 Å². The molecule has 2 aromatic carbocycles. The summed E-state index contributed by atoms with van der Waals surface area (Å²) < 4.78 is 0. The van der Waals surface area contributed by atoms with Crippen molar-refractivity contribution in [3.8, 4) is 0 Å². The Kier molecular flexibility index (Phi) is 2.40. The Hall–Kier alpha value is -1.87. The minimum atomic E-state index is -1.84. The van der Waals surface area contributed by atoms with Crippen molar-refractivity contribution in [1.29, 1.82) is 0 Å². The molecule has 0 saturated heterocycles. The van der Waals surface area contributed by atoms with Crippen LogP contribution in [-0.4, -0.2) is 16.2 Å². The molecule has 0 heterocycles. The summed E-state index contributed by atoms with van der Waals surface area (Å²) in [6.07, 6.45) is 0. The van der Waals surface area contributed by atoms with Crippen molar-refractivity contribution >= 4 is 16.7 Å². The third-order valence-electron chi connectivity index (χ3n) is 2.73. The highest BCUT2D eigenvalue weighted by Crippen LogP contribution is 2.24. The zero-order chi connectivity index (χ0) is 11.8. The first-order chi connectivity index (χ1) is 7.51. The molecule has 3 heteroatoms. The maximum absolute atomic E-state index is 10.9. The van der Waals surface area contributed by atoms with Crippen molar-refractivity contribution in [2.45, 2.75) is 12.5 Å². The van der Waals surface area contributed by atoms with Crippen LogP contribution in [0.1, 0.15) is 12.5 Å². The Morgan fingerprint density at radius 1 is 1.12 bits per heavy atom. The molecule has 2 aromatic rings. The molecule has 1 atom stereocenters. The van der Waals surface area contributed by atoms with Crippen LogP contribution < -0.4 is 0 Å². The number of hydrogen-bond acceptors (Lipinski definition) is 2. The molecule has 0 aromatic heterocycles. The van der Waals surface area contributed by atoms with Gasteiger partial charge >= 0.3 is 5.97 Å². The average molecular weight is 216 g/mol. The lowest BCUT2D eigenvalue weighted by molar-refractivity contribution is -0.157. The molecule has 0 unspecified atom stereocenters. The molecule has 0 radical (unpaired) electrons. The van der Waals surface area contributed by atoms with Crippen LogP contribution in [0, 0.1) is 0 Å². The van der Waals surface area contributed by atoms with Crippen LogP contribution in [0.25, 0.3) is 10.8 Å². The minimum Gasteiger partial charge on any atom is -0.479 e. The number of carboxylic acids is 1. The third kappa shape index (κ3) is 1.66. The maximum Gasteiger partial charge on any atom is 0.340 e. The van der Waals surface area contributed by atoms with E-state index in [1.807, 2.05) is 30.3 Å². The summed E-state index contributed by atoms with van der Waals surface area (Å²) in [6.45, 7) is 1.28. The van der Waals surface area contributed by atoms with Crippen LogP contribution in [0.2, 0.25) is 0 Å². The predicted octanol–water partition coefficient (Wildman–Crippen LogP) is 2.13. The van der Waals surface area contributed by atoms with E-state index in [0.717, 1.165) is 10.8 Å². The summed E-state index contributed by atoms with van der Waals surface area (Å²) in [6, 6.07) is 12.8. The van der Waals surface area contributed by atoms with Gasteiger partial charge in [-0.05, 0) is 29.3 Å². The second-order valence-electron chi connectivity index (χ2n) is 3.94. The van der Waals surface area contributed by atoms with Crippen LogP contribution in [0.3, 0.4) is 0 Å². The monoisotopic (exact) mass is 216 g/mol. The molecule has 2 N–H and O–H groups in total. The van der Waals surface area contributed by atoms with Gasteiger partial charge in [0.1, 0.15) is 0 Å². The molecule has 16 heavy (non-hydrogen) atoms. The highest BCUT2D eigenvalue weighted by Gasteiger charge is 2.32. The predicted molar refractivity (Wildman–Crippen MR) is 61.2 cm³/mol. The largest absolute Gasteiger partial charge is 0.479 e. The smallest absolute Gasteiger partial charge is 0.340 e. The van der Waals surface area contributed by atoms with Crippen molar-refractivity contribution in [2.75, 3.05) is 0 Å². The number of benzene rings is 2. The van der Waals surface area contributed by atoms with Crippen LogP contribution in [-0.2, 0) is 10.4 Å². The van der Waals surface area contributed by atoms with E-state index in [0.29, 0.717) is 5.56 Å². The lowest BCUT2D eigenvalue weighted by Crippen LogP contribution is -2.31. The summed E-state index contributed by atoms with van der Waals surface area (Å²) in [5.41, 5.74) is -1.46. The molecule has 3 nitrogen and oxygen atoms in total. The Balaban J connectivity index is 2.59. The van der Waals surface area contributed by atoms with E-state index in [-0.39, 0.29) is 0 Å². The Bertz CT molecular complexity index is 544. The molecule has 0 saturated carbocycles. The van der Waals surface area contributed by atoms with Crippen LogP contribution in [0.5, 0.6) is 0 Å². The van der Waals surface area contributed by atoms with Crippen molar-refractivity contribution in [2.24, 2.45) is 0 Å². The molecule has 0 amide bonds. The zero-order valence-electron chi connectivity index (χ0n) is 8.84. The molecule has 0 aliphatic carbocycles. The van der Waals surface area contributed by atoms with E-state index in [2.05, 4.69) is 0 Å². The van der Waals surface area contributed by atoms with Gasteiger partial charge in [0, 0.05) is 0 Å². The lowest BCUT2D eigenvalue weighted by Gasteiger charge is -2.18. The second kappa shape index (κ2) is 3.61. The first kappa shape index (κ1) is 10.6. The fourth-order valence-corrected chi connectivity index (χ4v) is 1.62. The Morgan fingerprint density at radius 3 is 2.38 bits per heavy atom. The van der Waals surface area contributed by atoms with E-state index in [4.69, 9.17) is 5.11 Å². The number of rotatable bonds is 2. The molecule has 0 aliphatic rings. The van der Waals surface area contributed by atoms with Gasteiger partial charge in [-0.2, -0.15) is 0 Å². The van der Waals surface area contributed by atoms with Crippen molar-refractivity contribution in [1.82, 2.24) is 0 Å². The highest BCUT2D eigenvalue weighted by molar-refractivity contribution is 5.86. The van der Waals surface area contributed by atoms with E-state index >= 15 is 0 Å². The van der Waals surface area contributed by atoms with Gasteiger partial charge in [0.05, 0.1) is 0 Å². The molecule has 2 rings (SSSR count). The first-order valence-corrected chi connectivity index (χ1v) is 4.97. The fourth-order valence-electron chi connectivity index (χ4n) is 1.62. The average Bonchev–Trinajstić information content (AvgIpc) is 2.28. The standard InChI is InChI=1S/C13H12O3/c1-13(16,12(14)15)11-7-6-9-4-2-3-5-10(9)8-11/h2-8,16H,1H3,(H,14,15)/t13-/m0/s1. The van der Waals surface area contributed by atoms with E-state index < -0.39 is 11.6 Å². The number of carbonyl (C=O) groups is 1. The normalized spacial score (nSPS) is 14.6. The maximum atomic E-state index is 10.9. The third-order valence-corrected chi connectivity index (χ3v) is 2.73. The van der Waals surface area contributed by atoms with Gasteiger partial charge in [-0.3, -0.25) is 0 Å².